The second-order valence-corrected chi connectivity index (χ2v) is 9.91. The summed E-state index contributed by atoms with van der Waals surface area (Å²) in [5.41, 5.74) is 0.962. The van der Waals surface area contributed by atoms with E-state index in [0.29, 0.717) is 23.9 Å². The average Bonchev–Trinajstić information content (AvgIpc) is 2.65. The predicted molar refractivity (Wildman–Crippen MR) is 110 cm³/mol. The Labute approximate surface area is 184 Å². The van der Waals surface area contributed by atoms with Crippen LogP contribution in [0.25, 0.3) is 0 Å². The minimum atomic E-state index is -5.08. The molecule has 0 unspecified atom stereocenters. The number of rotatable bonds is 7. The summed E-state index contributed by atoms with van der Waals surface area (Å²) in [5.74, 6) is -2.22. The molecule has 0 bridgehead atoms. The molecule has 7 nitrogen and oxygen atoms in total. The Morgan fingerprint density at radius 2 is 1.87 bits per heavy atom. The lowest BCUT2D eigenvalue weighted by Crippen LogP contribution is -2.60. The lowest BCUT2D eigenvalue weighted by atomic mass is 9.99. The van der Waals surface area contributed by atoms with Crippen LogP contribution < -0.4 is 5.32 Å². The van der Waals surface area contributed by atoms with Gasteiger partial charge in [-0.25, -0.2) is 13.2 Å². The van der Waals surface area contributed by atoms with Gasteiger partial charge in [0.2, 0.25) is 10.0 Å². The second-order valence-electron chi connectivity index (χ2n) is 7.44. The number of aliphatic carboxylic acids is 1. The molecule has 0 atom stereocenters. The van der Waals surface area contributed by atoms with Crippen molar-refractivity contribution in [3.8, 4) is 0 Å². The molecule has 0 radical (unpaired) electrons. The molecule has 12 heteroatoms. The molecule has 3 rings (SSSR count). The van der Waals surface area contributed by atoms with Crippen LogP contribution in [0.5, 0.6) is 0 Å². The smallest absolute Gasteiger partial charge is 0.475 e. The summed E-state index contributed by atoms with van der Waals surface area (Å²) in [4.78, 5) is 8.90. The van der Waals surface area contributed by atoms with Gasteiger partial charge in [0, 0.05) is 43.9 Å². The lowest BCUT2D eigenvalue weighted by Gasteiger charge is -2.39. The standard InChI is InChI=1S/C17H25ClN2O3S.C2HF3O2/c18-16-3-1-2-14(10-16)6-9-24(21,22)20(17-11-19-12-17)13-15-4-7-23-8-5-15;3-2(4,5)1(6)7/h1-3,10,15,17,19H,4-9,11-13H2;(H,6,7). The second kappa shape index (κ2) is 11.5. The zero-order chi connectivity index (χ0) is 23.1. The van der Waals surface area contributed by atoms with Gasteiger partial charge >= 0.3 is 12.1 Å². The summed E-state index contributed by atoms with van der Waals surface area (Å²) in [5, 5.41) is 11.0. The number of sulfonamides is 1. The minimum absolute atomic E-state index is 0.0946. The molecule has 1 aromatic rings. The van der Waals surface area contributed by atoms with Crippen molar-refractivity contribution in [1.29, 1.82) is 0 Å². The fraction of sp³-hybridized carbons (Fsp3) is 0.632. The van der Waals surface area contributed by atoms with Crippen molar-refractivity contribution >= 4 is 27.6 Å². The SMILES string of the molecule is O=C(O)C(F)(F)F.O=S(=O)(CCc1cccc(Cl)c1)N(CC1CCOCC1)C1CNC1. The van der Waals surface area contributed by atoms with E-state index in [1.54, 1.807) is 10.4 Å². The van der Waals surface area contributed by atoms with Crippen LogP contribution in [0.15, 0.2) is 24.3 Å². The van der Waals surface area contributed by atoms with Gasteiger partial charge in [-0.15, -0.1) is 0 Å². The minimum Gasteiger partial charge on any atom is -0.475 e. The molecule has 1 aromatic carbocycles. The Morgan fingerprint density at radius 1 is 1.26 bits per heavy atom. The van der Waals surface area contributed by atoms with Gasteiger partial charge in [-0.2, -0.15) is 17.5 Å². The molecule has 31 heavy (non-hydrogen) atoms. The quantitative estimate of drug-likeness (QED) is 0.615. The summed E-state index contributed by atoms with van der Waals surface area (Å²) in [7, 11) is -3.28. The van der Waals surface area contributed by atoms with Gasteiger partial charge in [-0.1, -0.05) is 23.7 Å². The van der Waals surface area contributed by atoms with E-state index in [1.165, 1.54) is 0 Å². The number of benzene rings is 1. The first-order valence-electron chi connectivity index (χ1n) is 9.81. The fourth-order valence-corrected chi connectivity index (χ4v) is 5.19. The lowest BCUT2D eigenvalue weighted by molar-refractivity contribution is -0.192. The number of hydrogen-bond donors (Lipinski definition) is 2. The van der Waals surface area contributed by atoms with Crippen LogP contribution in [0.1, 0.15) is 18.4 Å². The van der Waals surface area contributed by atoms with Gasteiger partial charge < -0.3 is 15.2 Å². The number of ether oxygens (including phenoxy) is 1. The maximum absolute atomic E-state index is 12.9. The van der Waals surface area contributed by atoms with E-state index in [1.807, 2.05) is 18.2 Å². The van der Waals surface area contributed by atoms with Gasteiger partial charge in [0.25, 0.3) is 0 Å². The van der Waals surface area contributed by atoms with E-state index < -0.39 is 22.2 Å². The Kier molecular flexibility index (Phi) is 9.56. The average molecular weight is 487 g/mol. The van der Waals surface area contributed by atoms with Gasteiger partial charge in [0.05, 0.1) is 5.75 Å². The highest BCUT2D eigenvalue weighted by Crippen LogP contribution is 2.22. The molecule has 2 saturated heterocycles. The van der Waals surface area contributed by atoms with Crippen LogP contribution in [0.3, 0.4) is 0 Å². The van der Waals surface area contributed by atoms with E-state index >= 15 is 0 Å². The van der Waals surface area contributed by atoms with Gasteiger partial charge in [-0.3, -0.25) is 0 Å². The molecule has 0 aromatic heterocycles. The van der Waals surface area contributed by atoms with Crippen LogP contribution in [0.2, 0.25) is 5.02 Å². The Bertz CT molecular complexity index is 828. The molecule has 2 aliphatic heterocycles. The van der Waals surface area contributed by atoms with Crippen LogP contribution in [0.4, 0.5) is 13.2 Å². The summed E-state index contributed by atoms with van der Waals surface area (Å²) in [6.07, 6.45) is -2.70. The number of halogens is 4. The van der Waals surface area contributed by atoms with Crippen molar-refractivity contribution in [1.82, 2.24) is 9.62 Å². The zero-order valence-corrected chi connectivity index (χ0v) is 18.3. The normalized spacial score (nSPS) is 18.2. The van der Waals surface area contributed by atoms with Gasteiger partial charge in [-0.05, 0) is 42.9 Å². The van der Waals surface area contributed by atoms with Crippen molar-refractivity contribution in [2.45, 2.75) is 31.5 Å². The van der Waals surface area contributed by atoms with Crippen LogP contribution in [-0.2, 0) is 26.0 Å². The molecular formula is C19H26ClF3N2O5S. The first kappa shape index (κ1) is 25.9. The zero-order valence-electron chi connectivity index (χ0n) is 16.8. The molecule has 0 saturated carbocycles. The molecule has 0 amide bonds. The van der Waals surface area contributed by atoms with E-state index in [-0.39, 0.29) is 11.8 Å². The van der Waals surface area contributed by atoms with Crippen LogP contribution in [0, 0.1) is 5.92 Å². The van der Waals surface area contributed by atoms with Crippen molar-refractivity contribution in [3.05, 3.63) is 34.9 Å². The summed E-state index contributed by atoms with van der Waals surface area (Å²) >= 11 is 5.99. The Hall–Kier alpha value is -1.40. The highest BCUT2D eigenvalue weighted by Gasteiger charge is 2.38. The molecule has 2 heterocycles. The third-order valence-electron chi connectivity index (χ3n) is 5.08. The van der Waals surface area contributed by atoms with Crippen molar-refractivity contribution in [3.63, 3.8) is 0 Å². The fourth-order valence-electron chi connectivity index (χ4n) is 3.21. The molecule has 2 N–H and O–H groups in total. The maximum Gasteiger partial charge on any atom is 0.490 e. The van der Waals surface area contributed by atoms with E-state index in [4.69, 9.17) is 26.2 Å². The number of alkyl halides is 3. The largest absolute Gasteiger partial charge is 0.490 e. The molecule has 2 aliphatic rings. The van der Waals surface area contributed by atoms with E-state index in [9.17, 15) is 21.6 Å². The number of nitrogens with zero attached hydrogens (tertiary/aromatic N) is 1. The topological polar surface area (TPSA) is 95.9 Å². The van der Waals surface area contributed by atoms with Gasteiger partial charge in [0.15, 0.2) is 0 Å². The summed E-state index contributed by atoms with van der Waals surface area (Å²) in [6, 6.07) is 7.52. The van der Waals surface area contributed by atoms with Crippen LogP contribution in [-0.4, -0.2) is 74.6 Å². The van der Waals surface area contributed by atoms with E-state index in [0.717, 1.165) is 44.7 Å². The highest BCUT2D eigenvalue weighted by atomic mass is 35.5. The number of hydrogen-bond acceptors (Lipinski definition) is 5. The third-order valence-corrected chi connectivity index (χ3v) is 7.20. The predicted octanol–water partition coefficient (Wildman–Crippen LogP) is 2.55. The maximum atomic E-state index is 12.9. The van der Waals surface area contributed by atoms with Gasteiger partial charge in [0.1, 0.15) is 0 Å². The van der Waals surface area contributed by atoms with Crippen molar-refractivity contribution in [2.24, 2.45) is 5.92 Å². The number of carbonyl (C=O) groups is 1. The van der Waals surface area contributed by atoms with E-state index in [2.05, 4.69) is 5.32 Å². The van der Waals surface area contributed by atoms with Crippen molar-refractivity contribution in [2.75, 3.05) is 38.6 Å². The Balaban J connectivity index is 0.000000423. The number of carboxylic acid groups (broad SMARTS) is 1. The first-order chi connectivity index (χ1) is 14.5. The third kappa shape index (κ3) is 8.57. The monoisotopic (exact) mass is 486 g/mol. The number of aryl methyl sites for hydroxylation is 1. The molecular weight excluding hydrogens is 461 g/mol. The molecule has 2 fully saturated rings. The number of nitrogens with one attached hydrogen (secondary N) is 1. The molecule has 0 aliphatic carbocycles. The van der Waals surface area contributed by atoms with Crippen molar-refractivity contribution < 1.29 is 36.2 Å². The number of carboxylic acids is 1. The Morgan fingerprint density at radius 3 is 2.35 bits per heavy atom. The molecule has 176 valence electrons. The first-order valence-corrected chi connectivity index (χ1v) is 11.8. The highest BCUT2D eigenvalue weighted by molar-refractivity contribution is 7.89. The summed E-state index contributed by atoms with van der Waals surface area (Å²) < 4.78 is 64.7. The van der Waals surface area contributed by atoms with Crippen LogP contribution >= 0.6 is 11.6 Å². The summed E-state index contributed by atoms with van der Waals surface area (Å²) in [6.45, 7) is 3.60. The molecule has 0 spiro atoms.